The Balaban J connectivity index is 1.48. The molecule has 2 N–H and O–H groups in total. The van der Waals surface area contributed by atoms with Crippen LogP contribution in [0.4, 0.5) is 4.79 Å². The Morgan fingerprint density at radius 2 is 1.65 bits per heavy atom. The number of rotatable bonds is 5. The first-order chi connectivity index (χ1) is 12.5. The molecule has 0 unspecified atom stereocenters. The number of ether oxygens (including phenoxy) is 1. The average Bonchev–Trinajstić information content (AvgIpc) is 3.30. The molecule has 1 fully saturated rings. The lowest BCUT2D eigenvalue weighted by molar-refractivity contribution is -0.141. The summed E-state index contributed by atoms with van der Waals surface area (Å²) in [6, 6.07) is 15.3. The summed E-state index contributed by atoms with van der Waals surface area (Å²) in [5.41, 5.74) is 4.21. The molecule has 0 spiro atoms. The number of aliphatic carboxylic acids is 1. The molecule has 0 saturated heterocycles. The summed E-state index contributed by atoms with van der Waals surface area (Å²) in [7, 11) is 0. The molecule has 0 bridgehead atoms. The molecule has 2 aliphatic rings. The monoisotopic (exact) mass is 351 g/mol. The van der Waals surface area contributed by atoms with Gasteiger partial charge in [-0.1, -0.05) is 55.5 Å². The maximum absolute atomic E-state index is 12.2. The van der Waals surface area contributed by atoms with Crippen molar-refractivity contribution in [2.45, 2.75) is 31.7 Å². The number of carbonyl (C=O) groups is 2. The minimum Gasteiger partial charge on any atom is -0.480 e. The molecular weight excluding hydrogens is 330 g/mol. The number of carbonyl (C=O) groups excluding carboxylic acids is 1. The van der Waals surface area contributed by atoms with E-state index in [2.05, 4.69) is 17.4 Å². The van der Waals surface area contributed by atoms with Crippen LogP contribution < -0.4 is 5.32 Å². The van der Waals surface area contributed by atoms with Gasteiger partial charge in [0.25, 0.3) is 0 Å². The first-order valence-corrected chi connectivity index (χ1v) is 8.84. The molecule has 2 aromatic carbocycles. The van der Waals surface area contributed by atoms with Gasteiger partial charge in [0.1, 0.15) is 12.6 Å². The number of carboxylic acids is 1. The average molecular weight is 351 g/mol. The van der Waals surface area contributed by atoms with Crippen molar-refractivity contribution in [3.8, 4) is 11.1 Å². The summed E-state index contributed by atoms with van der Waals surface area (Å²) in [4.78, 5) is 23.7. The van der Waals surface area contributed by atoms with Gasteiger partial charge in [0, 0.05) is 5.92 Å². The number of nitrogens with one attached hydrogen (secondary N) is 1. The highest BCUT2D eigenvalue weighted by molar-refractivity contribution is 5.82. The van der Waals surface area contributed by atoms with Crippen molar-refractivity contribution in [3.63, 3.8) is 0 Å². The summed E-state index contributed by atoms with van der Waals surface area (Å²) in [5.74, 6) is -1.05. The fraction of sp³-hybridized carbons (Fsp3) is 0.333. The van der Waals surface area contributed by atoms with Crippen LogP contribution in [-0.4, -0.2) is 29.8 Å². The predicted octanol–water partition coefficient (Wildman–Crippen LogP) is 3.78. The number of amides is 1. The molecule has 1 amide bonds. The van der Waals surface area contributed by atoms with E-state index in [0.29, 0.717) is 0 Å². The quantitative estimate of drug-likeness (QED) is 0.860. The van der Waals surface area contributed by atoms with Crippen LogP contribution in [0.3, 0.4) is 0 Å². The lowest BCUT2D eigenvalue weighted by atomic mass is 9.98. The zero-order valence-corrected chi connectivity index (χ0v) is 14.6. The molecule has 1 atom stereocenters. The second-order valence-electron chi connectivity index (χ2n) is 7.40. The summed E-state index contributed by atoms with van der Waals surface area (Å²) < 4.78 is 5.43. The molecular formula is C21H21NO4. The van der Waals surface area contributed by atoms with Crippen molar-refractivity contribution in [3.05, 3.63) is 59.7 Å². The van der Waals surface area contributed by atoms with Crippen LogP contribution in [0.25, 0.3) is 11.1 Å². The van der Waals surface area contributed by atoms with Crippen LogP contribution in [0, 0.1) is 5.41 Å². The van der Waals surface area contributed by atoms with Gasteiger partial charge in [-0.2, -0.15) is 0 Å². The third-order valence-corrected chi connectivity index (χ3v) is 5.59. The highest BCUT2D eigenvalue weighted by Gasteiger charge is 2.49. The van der Waals surface area contributed by atoms with E-state index >= 15 is 0 Å². The lowest BCUT2D eigenvalue weighted by Gasteiger charge is -2.21. The van der Waals surface area contributed by atoms with Gasteiger partial charge in [0.15, 0.2) is 0 Å². The highest BCUT2D eigenvalue weighted by Crippen LogP contribution is 2.48. The van der Waals surface area contributed by atoms with Crippen LogP contribution in [0.2, 0.25) is 0 Å². The summed E-state index contributed by atoms with van der Waals surface area (Å²) >= 11 is 0. The zero-order valence-electron chi connectivity index (χ0n) is 14.6. The van der Waals surface area contributed by atoms with Crippen LogP contribution in [-0.2, 0) is 9.53 Å². The lowest BCUT2D eigenvalue weighted by Crippen LogP contribution is -2.46. The largest absolute Gasteiger partial charge is 0.480 e. The number of hydrogen-bond acceptors (Lipinski definition) is 3. The van der Waals surface area contributed by atoms with Crippen LogP contribution >= 0.6 is 0 Å². The number of alkyl carbamates (subject to hydrolysis) is 1. The Kier molecular flexibility index (Phi) is 3.94. The molecule has 26 heavy (non-hydrogen) atoms. The van der Waals surface area contributed by atoms with E-state index in [9.17, 15) is 14.7 Å². The van der Waals surface area contributed by atoms with E-state index in [1.54, 1.807) is 0 Å². The summed E-state index contributed by atoms with van der Waals surface area (Å²) in [5, 5.41) is 11.9. The second-order valence-corrected chi connectivity index (χ2v) is 7.40. The van der Waals surface area contributed by atoms with E-state index in [0.717, 1.165) is 35.1 Å². The highest BCUT2D eigenvalue weighted by atomic mass is 16.5. The molecule has 0 aromatic heterocycles. The van der Waals surface area contributed by atoms with E-state index in [1.165, 1.54) is 0 Å². The van der Waals surface area contributed by atoms with Crippen molar-refractivity contribution >= 4 is 12.1 Å². The number of benzene rings is 2. The smallest absolute Gasteiger partial charge is 0.407 e. The maximum Gasteiger partial charge on any atom is 0.407 e. The number of carboxylic acid groups (broad SMARTS) is 1. The van der Waals surface area contributed by atoms with Crippen LogP contribution in [0.15, 0.2) is 48.5 Å². The maximum atomic E-state index is 12.2. The third-order valence-electron chi connectivity index (χ3n) is 5.59. The van der Waals surface area contributed by atoms with Crippen molar-refractivity contribution in [1.29, 1.82) is 0 Å². The first-order valence-electron chi connectivity index (χ1n) is 8.84. The van der Waals surface area contributed by atoms with E-state index in [-0.39, 0.29) is 17.9 Å². The Hall–Kier alpha value is -2.82. The van der Waals surface area contributed by atoms with Crippen molar-refractivity contribution in [2.75, 3.05) is 6.61 Å². The summed E-state index contributed by atoms with van der Waals surface area (Å²) in [6.45, 7) is 2.05. The van der Waals surface area contributed by atoms with Gasteiger partial charge in [0.2, 0.25) is 0 Å². The minimum atomic E-state index is -1.02. The van der Waals surface area contributed by atoms with Gasteiger partial charge in [-0.15, -0.1) is 0 Å². The molecule has 134 valence electrons. The molecule has 1 saturated carbocycles. The van der Waals surface area contributed by atoms with Gasteiger partial charge in [-0.25, -0.2) is 9.59 Å². The molecule has 2 aromatic rings. The van der Waals surface area contributed by atoms with E-state index in [4.69, 9.17) is 4.74 Å². The van der Waals surface area contributed by atoms with Crippen LogP contribution in [0.5, 0.6) is 0 Å². The second kappa shape index (κ2) is 6.16. The van der Waals surface area contributed by atoms with Crippen molar-refractivity contribution in [1.82, 2.24) is 5.32 Å². The molecule has 0 radical (unpaired) electrons. The SMILES string of the molecule is CC1([C@@H](NC(=O)OCC2c3ccccc3-c3ccccc32)C(=O)O)CC1. The summed E-state index contributed by atoms with van der Waals surface area (Å²) in [6.07, 6.45) is 0.925. The first kappa shape index (κ1) is 16.6. The fourth-order valence-electron chi connectivity index (χ4n) is 3.78. The number of hydrogen-bond donors (Lipinski definition) is 2. The normalized spacial score (nSPS) is 17.7. The van der Waals surface area contributed by atoms with E-state index in [1.807, 2.05) is 43.3 Å². The molecule has 0 aliphatic heterocycles. The molecule has 4 rings (SSSR count). The van der Waals surface area contributed by atoms with Gasteiger partial charge in [-0.3, -0.25) is 0 Å². The molecule has 0 heterocycles. The Labute approximate surface area is 152 Å². The topological polar surface area (TPSA) is 75.6 Å². The van der Waals surface area contributed by atoms with Crippen LogP contribution in [0.1, 0.15) is 36.8 Å². The van der Waals surface area contributed by atoms with E-state index < -0.39 is 18.1 Å². The standard InChI is InChI=1S/C21H21NO4/c1-21(10-11-21)18(19(23)24)22-20(25)26-12-17-15-8-4-2-6-13(15)14-7-3-5-9-16(14)17/h2-9,17-18H,10-12H2,1H3,(H,22,25)(H,23,24)/t18-/m0/s1. The van der Waals surface area contributed by atoms with Gasteiger partial charge < -0.3 is 15.2 Å². The molecule has 5 nitrogen and oxygen atoms in total. The van der Waals surface area contributed by atoms with Crippen molar-refractivity contribution in [2.24, 2.45) is 5.41 Å². The third kappa shape index (κ3) is 2.83. The Bertz CT molecular complexity index is 826. The Morgan fingerprint density at radius 1 is 1.12 bits per heavy atom. The minimum absolute atomic E-state index is 0.0343. The number of fused-ring (bicyclic) bond motifs is 3. The molecule has 2 aliphatic carbocycles. The Morgan fingerprint density at radius 3 is 2.15 bits per heavy atom. The van der Waals surface area contributed by atoms with Gasteiger partial charge >= 0.3 is 12.1 Å². The molecule has 5 heteroatoms. The van der Waals surface area contributed by atoms with Gasteiger partial charge in [0.05, 0.1) is 0 Å². The fourth-order valence-corrected chi connectivity index (χ4v) is 3.78. The predicted molar refractivity (Wildman–Crippen MR) is 97.0 cm³/mol. The zero-order chi connectivity index (χ0) is 18.3. The van der Waals surface area contributed by atoms with Gasteiger partial charge in [-0.05, 0) is 40.5 Å². The van der Waals surface area contributed by atoms with Crippen molar-refractivity contribution < 1.29 is 19.4 Å².